The molecule has 0 aromatic heterocycles. The van der Waals surface area contributed by atoms with E-state index in [0.29, 0.717) is 5.11 Å². The Morgan fingerprint density at radius 2 is 1.61 bits per heavy atom. The van der Waals surface area contributed by atoms with Gasteiger partial charge in [-0.3, -0.25) is 0 Å². The molecule has 4 heteroatoms. The number of rotatable bonds is 3. The highest BCUT2D eigenvalue weighted by molar-refractivity contribution is 7.80. The number of nitrogens with one attached hydrogen (secondary N) is 2. The number of thiocarbonyl (C=S) groups is 1. The normalized spacial score (nSPS) is 14.4. The second-order valence-electron chi connectivity index (χ2n) is 6.04. The van der Waals surface area contributed by atoms with Crippen molar-refractivity contribution < 1.29 is 0 Å². The Morgan fingerprint density at radius 1 is 0.913 bits per heavy atom. The predicted molar refractivity (Wildman–Crippen MR) is 104 cm³/mol. The molecule has 3 rings (SSSR count). The maximum absolute atomic E-state index is 5.39. The van der Waals surface area contributed by atoms with Crippen LogP contribution in [0.15, 0.2) is 48.5 Å². The molecule has 2 N–H and O–H groups in total. The first-order chi connectivity index (χ1) is 11.2. The zero-order chi connectivity index (χ0) is 16.1. The monoisotopic (exact) mass is 325 g/mol. The van der Waals surface area contributed by atoms with Gasteiger partial charge in [0.15, 0.2) is 5.11 Å². The molecule has 2 aromatic rings. The molecule has 1 fully saturated rings. The van der Waals surface area contributed by atoms with Crippen LogP contribution in [-0.2, 0) is 0 Å². The number of aryl methyl sites for hydroxylation is 1. The van der Waals surface area contributed by atoms with Crippen molar-refractivity contribution in [2.45, 2.75) is 26.2 Å². The number of anilines is 3. The SMILES string of the molecule is Cc1cccc(NC(=S)Nc2ccc(N3CCCCC3)cc2)c1. The lowest BCUT2D eigenvalue weighted by molar-refractivity contribution is 0.578. The quantitative estimate of drug-likeness (QED) is 0.793. The summed E-state index contributed by atoms with van der Waals surface area (Å²) >= 11 is 5.39. The molecule has 0 amide bonds. The van der Waals surface area contributed by atoms with Crippen molar-refractivity contribution in [3.63, 3.8) is 0 Å². The van der Waals surface area contributed by atoms with Crippen molar-refractivity contribution in [1.82, 2.24) is 0 Å². The number of nitrogens with zero attached hydrogens (tertiary/aromatic N) is 1. The largest absolute Gasteiger partial charge is 0.372 e. The van der Waals surface area contributed by atoms with Crippen LogP contribution >= 0.6 is 12.2 Å². The van der Waals surface area contributed by atoms with Crippen LogP contribution in [0.25, 0.3) is 0 Å². The van der Waals surface area contributed by atoms with Crippen LogP contribution in [-0.4, -0.2) is 18.2 Å². The number of hydrogen-bond acceptors (Lipinski definition) is 2. The maximum atomic E-state index is 5.39. The number of piperidine rings is 1. The molecule has 0 radical (unpaired) electrons. The van der Waals surface area contributed by atoms with Crippen LogP contribution in [0.3, 0.4) is 0 Å². The zero-order valence-electron chi connectivity index (χ0n) is 13.5. The topological polar surface area (TPSA) is 27.3 Å². The van der Waals surface area contributed by atoms with Crippen molar-refractivity contribution >= 4 is 34.4 Å². The summed E-state index contributed by atoms with van der Waals surface area (Å²) < 4.78 is 0. The van der Waals surface area contributed by atoms with Gasteiger partial charge < -0.3 is 15.5 Å². The van der Waals surface area contributed by atoms with Crippen molar-refractivity contribution in [2.75, 3.05) is 28.6 Å². The second-order valence-corrected chi connectivity index (χ2v) is 6.45. The lowest BCUT2D eigenvalue weighted by Gasteiger charge is -2.28. The first-order valence-electron chi connectivity index (χ1n) is 8.20. The average molecular weight is 325 g/mol. The van der Waals surface area contributed by atoms with E-state index in [9.17, 15) is 0 Å². The molecule has 0 spiro atoms. The third kappa shape index (κ3) is 4.45. The third-order valence-corrected chi connectivity index (χ3v) is 4.33. The Hall–Kier alpha value is -2.07. The molecule has 1 aliphatic rings. The van der Waals surface area contributed by atoms with Gasteiger partial charge in [0.2, 0.25) is 0 Å². The minimum absolute atomic E-state index is 0.612. The lowest BCUT2D eigenvalue weighted by Crippen LogP contribution is -2.29. The van der Waals surface area contributed by atoms with Crippen LogP contribution < -0.4 is 15.5 Å². The summed E-state index contributed by atoms with van der Waals surface area (Å²) in [5.74, 6) is 0. The minimum atomic E-state index is 0.612. The van der Waals surface area contributed by atoms with E-state index in [2.05, 4.69) is 58.9 Å². The van der Waals surface area contributed by atoms with Gasteiger partial charge in [-0.15, -0.1) is 0 Å². The van der Waals surface area contributed by atoms with Gasteiger partial charge in [-0.05, 0) is 80.4 Å². The fraction of sp³-hybridized carbons (Fsp3) is 0.316. The lowest BCUT2D eigenvalue weighted by atomic mass is 10.1. The molecule has 3 nitrogen and oxygen atoms in total. The molecule has 1 saturated heterocycles. The first kappa shape index (κ1) is 15.8. The van der Waals surface area contributed by atoms with Gasteiger partial charge in [0, 0.05) is 30.2 Å². The molecular weight excluding hydrogens is 302 g/mol. The van der Waals surface area contributed by atoms with E-state index < -0.39 is 0 Å². The van der Waals surface area contributed by atoms with Crippen LogP contribution in [0.5, 0.6) is 0 Å². The fourth-order valence-electron chi connectivity index (χ4n) is 2.92. The molecule has 0 bridgehead atoms. The van der Waals surface area contributed by atoms with E-state index in [0.717, 1.165) is 11.4 Å². The highest BCUT2D eigenvalue weighted by atomic mass is 32.1. The van der Waals surface area contributed by atoms with Crippen molar-refractivity contribution in [3.8, 4) is 0 Å². The summed E-state index contributed by atoms with van der Waals surface area (Å²) in [5, 5.41) is 7.07. The highest BCUT2D eigenvalue weighted by Crippen LogP contribution is 2.22. The Kier molecular flexibility index (Phi) is 5.13. The molecule has 2 aromatic carbocycles. The van der Waals surface area contributed by atoms with E-state index in [-0.39, 0.29) is 0 Å². The van der Waals surface area contributed by atoms with Crippen LogP contribution in [0.2, 0.25) is 0 Å². The van der Waals surface area contributed by atoms with Gasteiger partial charge >= 0.3 is 0 Å². The standard InChI is InChI=1S/C19H23N3S/c1-15-6-5-7-17(14-15)21-19(23)20-16-8-10-18(11-9-16)22-12-3-2-4-13-22/h5-11,14H,2-4,12-13H2,1H3,(H2,20,21,23). The van der Waals surface area contributed by atoms with Gasteiger partial charge in [-0.2, -0.15) is 0 Å². The molecule has 23 heavy (non-hydrogen) atoms. The van der Waals surface area contributed by atoms with E-state index >= 15 is 0 Å². The van der Waals surface area contributed by atoms with Gasteiger partial charge in [-0.1, -0.05) is 12.1 Å². The molecule has 1 heterocycles. The molecule has 1 aliphatic heterocycles. The van der Waals surface area contributed by atoms with Gasteiger partial charge in [-0.25, -0.2) is 0 Å². The molecule has 0 aliphatic carbocycles. The van der Waals surface area contributed by atoms with E-state index in [1.54, 1.807) is 0 Å². The summed E-state index contributed by atoms with van der Waals surface area (Å²) in [5.41, 5.74) is 4.53. The Labute approximate surface area is 143 Å². The third-order valence-electron chi connectivity index (χ3n) is 4.12. The smallest absolute Gasteiger partial charge is 0.175 e. The Morgan fingerprint density at radius 3 is 2.30 bits per heavy atom. The van der Waals surface area contributed by atoms with E-state index in [4.69, 9.17) is 12.2 Å². The fourth-order valence-corrected chi connectivity index (χ4v) is 3.16. The van der Waals surface area contributed by atoms with Crippen molar-refractivity contribution in [2.24, 2.45) is 0 Å². The number of hydrogen-bond donors (Lipinski definition) is 2. The zero-order valence-corrected chi connectivity index (χ0v) is 14.3. The van der Waals surface area contributed by atoms with Crippen LogP contribution in [0, 0.1) is 6.92 Å². The van der Waals surface area contributed by atoms with Gasteiger partial charge in [0.25, 0.3) is 0 Å². The van der Waals surface area contributed by atoms with Crippen molar-refractivity contribution in [3.05, 3.63) is 54.1 Å². The molecule has 0 saturated carbocycles. The molecule has 120 valence electrons. The Balaban J connectivity index is 1.58. The van der Waals surface area contributed by atoms with E-state index in [1.165, 1.54) is 43.6 Å². The summed E-state index contributed by atoms with van der Waals surface area (Å²) in [6, 6.07) is 16.7. The summed E-state index contributed by atoms with van der Waals surface area (Å²) in [4.78, 5) is 2.45. The molecular formula is C19H23N3S. The predicted octanol–water partition coefficient (Wildman–Crippen LogP) is 4.79. The van der Waals surface area contributed by atoms with Crippen molar-refractivity contribution in [1.29, 1.82) is 0 Å². The summed E-state index contributed by atoms with van der Waals surface area (Å²) in [6.45, 7) is 4.40. The van der Waals surface area contributed by atoms with E-state index in [1.807, 2.05) is 12.1 Å². The molecule has 0 atom stereocenters. The van der Waals surface area contributed by atoms with Crippen LogP contribution in [0.4, 0.5) is 17.1 Å². The average Bonchev–Trinajstić information content (AvgIpc) is 2.56. The van der Waals surface area contributed by atoms with Gasteiger partial charge in [0.05, 0.1) is 0 Å². The maximum Gasteiger partial charge on any atom is 0.175 e. The highest BCUT2D eigenvalue weighted by Gasteiger charge is 2.10. The Bertz CT molecular complexity index is 661. The second kappa shape index (κ2) is 7.47. The summed E-state index contributed by atoms with van der Waals surface area (Å²) in [7, 11) is 0. The van der Waals surface area contributed by atoms with Gasteiger partial charge in [0.1, 0.15) is 0 Å². The first-order valence-corrected chi connectivity index (χ1v) is 8.61. The molecule has 0 unspecified atom stereocenters. The van der Waals surface area contributed by atoms with Crippen LogP contribution in [0.1, 0.15) is 24.8 Å². The summed E-state index contributed by atoms with van der Waals surface area (Å²) in [6.07, 6.45) is 3.95. The number of benzene rings is 2. The minimum Gasteiger partial charge on any atom is -0.372 e.